The van der Waals surface area contributed by atoms with Gasteiger partial charge in [0.25, 0.3) is 0 Å². The van der Waals surface area contributed by atoms with Crippen molar-refractivity contribution < 1.29 is 0 Å². The summed E-state index contributed by atoms with van der Waals surface area (Å²) in [6.45, 7) is 2.89. The highest BCUT2D eigenvalue weighted by molar-refractivity contribution is 7.97. The number of aromatic nitrogens is 2. The lowest BCUT2D eigenvalue weighted by molar-refractivity contribution is 1.04. The Morgan fingerprint density at radius 3 is 2.72 bits per heavy atom. The maximum absolute atomic E-state index is 4.45. The van der Waals surface area contributed by atoms with E-state index in [1.807, 2.05) is 37.0 Å². The summed E-state index contributed by atoms with van der Waals surface area (Å²) in [5, 5.41) is 3.12. The summed E-state index contributed by atoms with van der Waals surface area (Å²) in [6.07, 6.45) is 1.81. The van der Waals surface area contributed by atoms with Gasteiger partial charge in [-0.2, -0.15) is 11.8 Å². The standard InChI is InChI=1S/C14H17N3S/c1-2-15-14-16-9-8-13(17-14)11-18-10-12-6-4-3-5-7-12/h3-9H,2,10-11H2,1H3,(H,15,16,17). The average Bonchev–Trinajstić information content (AvgIpc) is 2.41. The van der Waals surface area contributed by atoms with E-state index in [0.717, 1.165) is 29.7 Å². The van der Waals surface area contributed by atoms with Crippen LogP contribution in [-0.4, -0.2) is 16.5 Å². The van der Waals surface area contributed by atoms with Gasteiger partial charge in [-0.25, -0.2) is 9.97 Å². The van der Waals surface area contributed by atoms with Crippen molar-refractivity contribution in [3.8, 4) is 0 Å². The Morgan fingerprint density at radius 2 is 1.94 bits per heavy atom. The molecule has 0 spiro atoms. The third kappa shape index (κ3) is 4.04. The first-order chi connectivity index (χ1) is 8.88. The van der Waals surface area contributed by atoms with Crippen LogP contribution in [0.4, 0.5) is 5.95 Å². The molecule has 2 aromatic rings. The summed E-state index contributed by atoms with van der Waals surface area (Å²) in [7, 11) is 0. The van der Waals surface area contributed by atoms with Crippen LogP contribution in [0, 0.1) is 0 Å². The Morgan fingerprint density at radius 1 is 1.11 bits per heavy atom. The molecule has 18 heavy (non-hydrogen) atoms. The van der Waals surface area contributed by atoms with Gasteiger partial charge < -0.3 is 5.32 Å². The zero-order valence-electron chi connectivity index (χ0n) is 10.5. The highest BCUT2D eigenvalue weighted by atomic mass is 32.2. The maximum atomic E-state index is 4.45. The molecule has 0 radical (unpaired) electrons. The van der Waals surface area contributed by atoms with Gasteiger partial charge in [0.1, 0.15) is 0 Å². The molecule has 4 heteroatoms. The van der Waals surface area contributed by atoms with E-state index >= 15 is 0 Å². The summed E-state index contributed by atoms with van der Waals surface area (Å²) in [5.74, 6) is 2.65. The quantitative estimate of drug-likeness (QED) is 0.863. The monoisotopic (exact) mass is 259 g/mol. The molecular formula is C14H17N3S. The predicted molar refractivity (Wildman–Crippen MR) is 77.6 cm³/mol. The van der Waals surface area contributed by atoms with E-state index in [2.05, 4.69) is 39.6 Å². The second-order valence-corrected chi connectivity index (χ2v) is 4.87. The van der Waals surface area contributed by atoms with Crippen LogP contribution in [0.1, 0.15) is 18.2 Å². The van der Waals surface area contributed by atoms with Gasteiger partial charge in [-0.15, -0.1) is 0 Å². The van der Waals surface area contributed by atoms with Crippen LogP contribution in [0.2, 0.25) is 0 Å². The molecule has 1 aromatic carbocycles. The number of nitrogens with zero attached hydrogens (tertiary/aromatic N) is 2. The zero-order valence-corrected chi connectivity index (χ0v) is 11.3. The number of rotatable bonds is 6. The highest BCUT2D eigenvalue weighted by Gasteiger charge is 1.99. The minimum absolute atomic E-state index is 0.718. The fraction of sp³-hybridized carbons (Fsp3) is 0.286. The minimum atomic E-state index is 0.718. The van der Waals surface area contributed by atoms with Crippen LogP contribution in [-0.2, 0) is 11.5 Å². The molecule has 1 N–H and O–H groups in total. The summed E-state index contributed by atoms with van der Waals surface area (Å²) < 4.78 is 0. The molecule has 0 saturated carbocycles. The molecule has 0 aliphatic heterocycles. The summed E-state index contributed by atoms with van der Waals surface area (Å²) >= 11 is 1.87. The highest BCUT2D eigenvalue weighted by Crippen LogP contribution is 2.16. The second-order valence-electron chi connectivity index (χ2n) is 3.88. The Kier molecular flexibility index (Phi) is 5.02. The van der Waals surface area contributed by atoms with Gasteiger partial charge in [-0.3, -0.25) is 0 Å². The molecule has 1 heterocycles. The van der Waals surface area contributed by atoms with Crippen LogP contribution in [0.15, 0.2) is 42.6 Å². The summed E-state index contributed by atoms with van der Waals surface area (Å²) in [6, 6.07) is 12.5. The van der Waals surface area contributed by atoms with Gasteiger partial charge in [0.2, 0.25) is 5.95 Å². The first kappa shape index (κ1) is 12.9. The van der Waals surface area contributed by atoms with Crippen molar-refractivity contribution in [2.45, 2.75) is 18.4 Å². The van der Waals surface area contributed by atoms with Gasteiger partial charge in [-0.05, 0) is 18.6 Å². The van der Waals surface area contributed by atoms with E-state index in [1.54, 1.807) is 0 Å². The number of benzene rings is 1. The van der Waals surface area contributed by atoms with Crippen LogP contribution in [0.3, 0.4) is 0 Å². The molecule has 0 fully saturated rings. The van der Waals surface area contributed by atoms with Crippen LogP contribution >= 0.6 is 11.8 Å². The third-order valence-electron chi connectivity index (χ3n) is 2.41. The smallest absolute Gasteiger partial charge is 0.222 e. The Bertz CT molecular complexity index is 473. The first-order valence-corrected chi connectivity index (χ1v) is 7.21. The Labute approximate surface area is 112 Å². The Hall–Kier alpha value is -1.55. The maximum Gasteiger partial charge on any atom is 0.222 e. The molecule has 0 aliphatic carbocycles. The number of nitrogens with one attached hydrogen (secondary N) is 1. The third-order valence-corrected chi connectivity index (χ3v) is 3.45. The molecule has 0 saturated heterocycles. The lowest BCUT2D eigenvalue weighted by Gasteiger charge is -2.04. The SMILES string of the molecule is CCNc1nccc(CSCc2ccccc2)n1. The van der Waals surface area contributed by atoms with Crippen molar-refractivity contribution in [2.24, 2.45) is 0 Å². The average molecular weight is 259 g/mol. The lowest BCUT2D eigenvalue weighted by atomic mass is 10.2. The number of hydrogen-bond acceptors (Lipinski definition) is 4. The minimum Gasteiger partial charge on any atom is -0.354 e. The molecule has 0 aliphatic rings. The fourth-order valence-corrected chi connectivity index (χ4v) is 2.47. The van der Waals surface area contributed by atoms with Crippen LogP contribution in [0.5, 0.6) is 0 Å². The molecular weight excluding hydrogens is 242 g/mol. The lowest BCUT2D eigenvalue weighted by Crippen LogP contribution is -2.03. The molecule has 0 atom stereocenters. The fourth-order valence-electron chi connectivity index (χ4n) is 1.57. The van der Waals surface area contributed by atoms with Crippen molar-refractivity contribution in [3.63, 3.8) is 0 Å². The Balaban J connectivity index is 1.84. The normalized spacial score (nSPS) is 10.3. The number of thioether (sulfide) groups is 1. The van der Waals surface area contributed by atoms with E-state index in [4.69, 9.17) is 0 Å². The van der Waals surface area contributed by atoms with Crippen molar-refractivity contribution in [2.75, 3.05) is 11.9 Å². The van der Waals surface area contributed by atoms with Gasteiger partial charge in [-0.1, -0.05) is 30.3 Å². The molecule has 0 amide bonds. The van der Waals surface area contributed by atoms with E-state index < -0.39 is 0 Å². The van der Waals surface area contributed by atoms with Crippen molar-refractivity contribution >= 4 is 17.7 Å². The zero-order chi connectivity index (χ0) is 12.6. The summed E-state index contributed by atoms with van der Waals surface area (Å²) in [5.41, 5.74) is 2.42. The van der Waals surface area contributed by atoms with Gasteiger partial charge in [0.05, 0.1) is 5.69 Å². The van der Waals surface area contributed by atoms with Gasteiger partial charge in [0.15, 0.2) is 0 Å². The van der Waals surface area contributed by atoms with Crippen molar-refractivity contribution in [3.05, 3.63) is 53.9 Å². The van der Waals surface area contributed by atoms with Crippen molar-refractivity contribution in [1.29, 1.82) is 0 Å². The number of anilines is 1. The van der Waals surface area contributed by atoms with Crippen LogP contribution in [0.25, 0.3) is 0 Å². The number of hydrogen-bond donors (Lipinski definition) is 1. The van der Waals surface area contributed by atoms with E-state index in [1.165, 1.54) is 5.56 Å². The summed E-state index contributed by atoms with van der Waals surface area (Å²) in [4.78, 5) is 8.61. The first-order valence-electron chi connectivity index (χ1n) is 6.06. The second kappa shape index (κ2) is 7.01. The molecule has 1 aromatic heterocycles. The molecule has 2 rings (SSSR count). The molecule has 94 valence electrons. The van der Waals surface area contributed by atoms with Crippen LogP contribution < -0.4 is 5.32 Å². The van der Waals surface area contributed by atoms with Crippen molar-refractivity contribution in [1.82, 2.24) is 9.97 Å². The van der Waals surface area contributed by atoms with Gasteiger partial charge >= 0.3 is 0 Å². The van der Waals surface area contributed by atoms with Gasteiger partial charge in [0, 0.05) is 24.2 Å². The molecule has 3 nitrogen and oxygen atoms in total. The van der Waals surface area contributed by atoms with E-state index in [0.29, 0.717) is 0 Å². The van der Waals surface area contributed by atoms with E-state index in [-0.39, 0.29) is 0 Å². The molecule has 0 unspecified atom stereocenters. The predicted octanol–water partition coefficient (Wildman–Crippen LogP) is 3.34. The van der Waals surface area contributed by atoms with E-state index in [9.17, 15) is 0 Å². The largest absolute Gasteiger partial charge is 0.354 e. The topological polar surface area (TPSA) is 37.8 Å². The molecule has 0 bridgehead atoms.